The van der Waals surface area contributed by atoms with Crippen LogP contribution in [-0.4, -0.2) is 70.5 Å². The number of likely N-dealkylation sites (N-methyl/N-ethyl adjacent to an activating group) is 1. The van der Waals surface area contributed by atoms with Gasteiger partial charge in [0.05, 0.1) is 17.4 Å². The predicted octanol–water partition coefficient (Wildman–Crippen LogP) is 2.16. The number of sulfonamides is 1. The van der Waals surface area contributed by atoms with E-state index in [0.717, 1.165) is 23.3 Å². The quantitative estimate of drug-likeness (QED) is 0.164. The van der Waals surface area contributed by atoms with Gasteiger partial charge in [0, 0.05) is 50.4 Å². The van der Waals surface area contributed by atoms with Crippen molar-refractivity contribution in [3.05, 3.63) is 21.7 Å². The third-order valence-electron chi connectivity index (χ3n) is 4.45. The van der Waals surface area contributed by atoms with Gasteiger partial charge in [-0.25, -0.2) is 13.2 Å². The SMILES string of the molecule is CCNC1CN(CCCOC)S(=O)(=O)c2sc(SNC(=O)OCCCCO[N+](=O)[O-])cc21. The molecule has 0 aromatic carbocycles. The molecule has 0 bridgehead atoms. The Balaban J connectivity index is 1.93. The van der Waals surface area contributed by atoms with E-state index >= 15 is 0 Å². The number of nitrogens with one attached hydrogen (secondary N) is 2. The van der Waals surface area contributed by atoms with Crippen LogP contribution < -0.4 is 10.0 Å². The second-order valence-electron chi connectivity index (χ2n) is 6.73. The zero-order valence-corrected chi connectivity index (χ0v) is 20.4. The Bertz CT molecular complexity index is 864. The summed E-state index contributed by atoms with van der Waals surface area (Å²) in [5.74, 6) is 0. The molecule has 0 radical (unpaired) electrons. The van der Waals surface area contributed by atoms with Gasteiger partial charge >= 0.3 is 6.09 Å². The maximum Gasteiger partial charge on any atom is 0.417 e. The highest BCUT2D eigenvalue weighted by molar-refractivity contribution is 8.00. The number of amides is 1. The van der Waals surface area contributed by atoms with Crippen LogP contribution in [0.15, 0.2) is 14.5 Å². The van der Waals surface area contributed by atoms with Crippen LogP contribution in [0.5, 0.6) is 0 Å². The van der Waals surface area contributed by atoms with Crippen LogP contribution in [-0.2, 0) is 24.3 Å². The van der Waals surface area contributed by atoms with Crippen molar-refractivity contribution in [1.82, 2.24) is 14.3 Å². The second kappa shape index (κ2) is 13.2. The number of unbranched alkanes of at least 4 members (excludes halogenated alkanes) is 1. The maximum atomic E-state index is 13.1. The van der Waals surface area contributed by atoms with E-state index in [1.165, 1.54) is 4.31 Å². The zero-order valence-electron chi connectivity index (χ0n) is 17.9. The van der Waals surface area contributed by atoms with E-state index in [1.807, 2.05) is 6.92 Å². The largest absolute Gasteiger partial charge is 0.449 e. The van der Waals surface area contributed by atoms with Crippen LogP contribution in [0.25, 0.3) is 0 Å². The van der Waals surface area contributed by atoms with Crippen LogP contribution in [0.4, 0.5) is 4.79 Å². The summed E-state index contributed by atoms with van der Waals surface area (Å²) in [5.41, 5.74) is 0.697. The molecule has 1 aromatic rings. The van der Waals surface area contributed by atoms with Gasteiger partial charge in [-0.15, -0.1) is 21.5 Å². The maximum absolute atomic E-state index is 13.1. The number of nitrogens with zero attached hydrogens (tertiary/aromatic N) is 2. The number of ether oxygens (including phenoxy) is 2. The number of hydrogen-bond acceptors (Lipinski definition) is 11. The summed E-state index contributed by atoms with van der Waals surface area (Å²) >= 11 is 2.09. The number of methoxy groups -OCH3 is 1. The predicted molar refractivity (Wildman–Crippen MR) is 119 cm³/mol. The Labute approximate surface area is 195 Å². The first-order chi connectivity index (χ1) is 15.3. The minimum atomic E-state index is -3.62. The monoisotopic (exact) mass is 512 g/mol. The van der Waals surface area contributed by atoms with Gasteiger partial charge in [0.2, 0.25) is 0 Å². The minimum Gasteiger partial charge on any atom is -0.449 e. The van der Waals surface area contributed by atoms with E-state index in [-0.39, 0.29) is 23.5 Å². The molecule has 182 valence electrons. The van der Waals surface area contributed by atoms with Crippen molar-refractivity contribution in [2.24, 2.45) is 0 Å². The molecule has 0 spiro atoms. The van der Waals surface area contributed by atoms with Crippen molar-refractivity contribution in [2.75, 3.05) is 46.6 Å². The normalized spacial score (nSPS) is 17.5. The van der Waals surface area contributed by atoms with Gasteiger partial charge < -0.3 is 19.6 Å². The van der Waals surface area contributed by atoms with E-state index in [9.17, 15) is 23.3 Å². The fourth-order valence-corrected chi connectivity index (χ4v) is 7.30. The first-order valence-corrected chi connectivity index (χ1v) is 13.1. The minimum absolute atomic E-state index is 0.0581. The highest BCUT2D eigenvalue weighted by Gasteiger charge is 2.38. The van der Waals surface area contributed by atoms with Gasteiger partial charge in [0.15, 0.2) is 0 Å². The molecule has 1 atom stereocenters. The van der Waals surface area contributed by atoms with E-state index in [0.29, 0.717) is 55.3 Å². The molecule has 1 aromatic heterocycles. The Morgan fingerprint density at radius 1 is 1.34 bits per heavy atom. The Morgan fingerprint density at radius 2 is 2.09 bits per heavy atom. The summed E-state index contributed by atoms with van der Waals surface area (Å²) in [7, 11) is -2.04. The number of thiophene rings is 1. The molecule has 1 unspecified atom stereocenters. The van der Waals surface area contributed by atoms with Crippen LogP contribution in [0, 0.1) is 10.1 Å². The van der Waals surface area contributed by atoms with Crippen molar-refractivity contribution in [2.45, 2.75) is 40.6 Å². The lowest BCUT2D eigenvalue weighted by atomic mass is 10.1. The molecular weight excluding hydrogens is 484 g/mol. The van der Waals surface area contributed by atoms with Crippen molar-refractivity contribution in [3.63, 3.8) is 0 Å². The Morgan fingerprint density at radius 3 is 2.78 bits per heavy atom. The second-order valence-corrected chi connectivity index (χ2v) is 11.0. The van der Waals surface area contributed by atoms with Gasteiger partial charge in [0.25, 0.3) is 15.1 Å². The van der Waals surface area contributed by atoms with Crippen LogP contribution in [0.3, 0.4) is 0 Å². The molecule has 2 heterocycles. The average molecular weight is 513 g/mol. The van der Waals surface area contributed by atoms with Gasteiger partial charge in [-0.2, -0.15) is 4.31 Å². The first kappa shape index (κ1) is 26.6. The molecule has 1 amide bonds. The molecule has 0 fully saturated rings. The highest BCUT2D eigenvalue weighted by atomic mass is 32.3. The molecule has 0 aliphatic carbocycles. The molecule has 0 saturated carbocycles. The molecule has 1 aliphatic rings. The Hall–Kier alpha value is -1.65. The molecule has 12 nitrogen and oxygen atoms in total. The van der Waals surface area contributed by atoms with E-state index in [4.69, 9.17) is 9.47 Å². The van der Waals surface area contributed by atoms with Crippen molar-refractivity contribution >= 4 is 39.4 Å². The smallest absolute Gasteiger partial charge is 0.417 e. The summed E-state index contributed by atoms with van der Waals surface area (Å²) in [6, 6.07) is 1.64. The number of rotatable bonds is 14. The van der Waals surface area contributed by atoms with Gasteiger partial charge in [-0.1, -0.05) is 6.92 Å². The molecule has 32 heavy (non-hydrogen) atoms. The van der Waals surface area contributed by atoms with Crippen LogP contribution in [0.2, 0.25) is 0 Å². The summed E-state index contributed by atoms with van der Waals surface area (Å²) in [4.78, 5) is 26.1. The Kier molecular flexibility index (Phi) is 10.9. The molecule has 2 N–H and O–H groups in total. The topological polar surface area (TPSA) is 149 Å². The summed E-state index contributed by atoms with van der Waals surface area (Å²) in [6.45, 7) is 3.86. The van der Waals surface area contributed by atoms with E-state index in [2.05, 4.69) is 14.9 Å². The molecule has 15 heteroatoms. The number of carbonyl (C=O) groups excluding carboxylic acids is 1. The van der Waals surface area contributed by atoms with Crippen molar-refractivity contribution in [3.8, 4) is 0 Å². The molecule has 2 rings (SSSR count). The van der Waals surface area contributed by atoms with Crippen LogP contribution >= 0.6 is 23.3 Å². The number of fused-ring (bicyclic) bond motifs is 1. The molecule has 0 saturated heterocycles. The average Bonchev–Trinajstić information content (AvgIpc) is 3.18. The van der Waals surface area contributed by atoms with Crippen molar-refractivity contribution in [1.29, 1.82) is 0 Å². The summed E-state index contributed by atoms with van der Waals surface area (Å²) < 4.78 is 41.1. The van der Waals surface area contributed by atoms with E-state index in [1.54, 1.807) is 13.2 Å². The molecular formula is C17H28N4O8S3. The van der Waals surface area contributed by atoms with Gasteiger partial charge in [-0.3, -0.25) is 4.72 Å². The fraction of sp³-hybridized carbons (Fsp3) is 0.706. The summed E-state index contributed by atoms with van der Waals surface area (Å²) in [5, 5.41) is 12.5. The summed E-state index contributed by atoms with van der Waals surface area (Å²) in [6.07, 6.45) is 0.719. The van der Waals surface area contributed by atoms with Crippen LogP contribution in [0.1, 0.15) is 37.8 Å². The van der Waals surface area contributed by atoms with Crippen molar-refractivity contribution < 1.29 is 32.6 Å². The molecule has 1 aliphatic heterocycles. The van der Waals surface area contributed by atoms with E-state index < -0.39 is 21.2 Å². The lowest BCUT2D eigenvalue weighted by Gasteiger charge is -2.32. The zero-order chi connectivity index (χ0) is 23.6. The third kappa shape index (κ3) is 7.74. The number of carbonyl (C=O) groups is 1. The number of hydrogen-bond donors (Lipinski definition) is 2. The fourth-order valence-electron chi connectivity index (χ4n) is 3.02. The first-order valence-electron chi connectivity index (χ1n) is 10.0. The lowest BCUT2D eigenvalue weighted by Crippen LogP contribution is -2.43. The third-order valence-corrected chi connectivity index (χ3v) is 8.87. The highest BCUT2D eigenvalue weighted by Crippen LogP contribution is 2.41. The standard InChI is InChI=1S/C17H28N4O8S3/c1-3-18-14-12-20(7-6-8-27-2)32(25,26)16-13(14)11-15(30-16)31-19-17(22)28-9-4-5-10-29-21(23)24/h11,14,18H,3-10,12H2,1-2H3,(H,19,22). The van der Waals surface area contributed by atoms with Gasteiger partial charge in [-0.05, 0) is 31.9 Å². The lowest BCUT2D eigenvalue weighted by molar-refractivity contribution is -0.757. The van der Waals surface area contributed by atoms with Gasteiger partial charge in [0.1, 0.15) is 4.21 Å².